The van der Waals surface area contributed by atoms with Gasteiger partial charge in [-0.15, -0.1) is 11.3 Å². The summed E-state index contributed by atoms with van der Waals surface area (Å²) in [5, 5.41) is 3.18. The maximum absolute atomic E-state index is 5.07. The second-order valence-corrected chi connectivity index (χ2v) is 12.3. The van der Waals surface area contributed by atoms with Gasteiger partial charge in [-0.25, -0.2) is 29.9 Å². The lowest BCUT2D eigenvalue weighted by Gasteiger charge is -2.10. The molecule has 0 bridgehead atoms. The van der Waals surface area contributed by atoms with Gasteiger partial charge < -0.3 is 0 Å². The van der Waals surface area contributed by atoms with Crippen molar-refractivity contribution >= 4 is 42.5 Å². The van der Waals surface area contributed by atoms with Crippen molar-refractivity contribution in [2.45, 2.75) is 0 Å². The zero-order valence-electron chi connectivity index (χ0n) is 24.9. The smallest absolute Gasteiger partial charge is 0.164 e. The summed E-state index contributed by atoms with van der Waals surface area (Å²) >= 11 is 1.74. The monoisotopic (exact) mass is 620 g/mol. The molecule has 5 aromatic carbocycles. The largest absolute Gasteiger partial charge is 0.236 e. The first-order valence-corrected chi connectivity index (χ1v) is 16.1. The Hall–Kier alpha value is -6.18. The van der Waals surface area contributed by atoms with E-state index in [0.29, 0.717) is 28.9 Å². The van der Waals surface area contributed by atoms with Gasteiger partial charge in [0.15, 0.2) is 28.9 Å². The molecule has 0 saturated carbocycles. The lowest BCUT2D eigenvalue weighted by molar-refractivity contribution is 1.08. The molecular formula is C40H24N6S. The van der Waals surface area contributed by atoms with Gasteiger partial charge in [0.1, 0.15) is 0 Å². The van der Waals surface area contributed by atoms with Crippen molar-refractivity contribution in [3.8, 4) is 56.8 Å². The lowest BCUT2D eigenvalue weighted by atomic mass is 10.0. The molecule has 0 amide bonds. The Balaban J connectivity index is 1.22. The Labute approximate surface area is 274 Å². The van der Waals surface area contributed by atoms with E-state index >= 15 is 0 Å². The van der Waals surface area contributed by atoms with Crippen LogP contribution in [0.15, 0.2) is 146 Å². The Morgan fingerprint density at radius 3 is 1.74 bits per heavy atom. The molecule has 0 fully saturated rings. The van der Waals surface area contributed by atoms with Crippen molar-refractivity contribution < 1.29 is 0 Å². The van der Waals surface area contributed by atoms with Crippen LogP contribution in [0.5, 0.6) is 0 Å². The molecule has 9 rings (SSSR count). The van der Waals surface area contributed by atoms with Gasteiger partial charge in [0.2, 0.25) is 0 Å². The molecule has 4 aromatic heterocycles. The van der Waals surface area contributed by atoms with Crippen LogP contribution in [0.4, 0.5) is 0 Å². The third-order valence-electron chi connectivity index (χ3n) is 8.21. The minimum Gasteiger partial charge on any atom is -0.236 e. The Morgan fingerprint density at radius 1 is 0.404 bits per heavy atom. The molecule has 0 radical (unpaired) electrons. The average molecular weight is 621 g/mol. The van der Waals surface area contributed by atoms with E-state index in [1.165, 1.54) is 0 Å². The summed E-state index contributed by atoms with van der Waals surface area (Å²) in [6, 6.07) is 47.1. The third-order valence-corrected chi connectivity index (χ3v) is 9.33. The van der Waals surface area contributed by atoms with Gasteiger partial charge in [-0.05, 0) is 24.3 Å². The summed E-state index contributed by atoms with van der Waals surface area (Å²) in [7, 11) is 0. The molecule has 0 aliphatic carbocycles. The minimum absolute atomic E-state index is 0.642. The summed E-state index contributed by atoms with van der Waals surface area (Å²) < 4.78 is 2.29. The zero-order valence-corrected chi connectivity index (χ0v) is 25.8. The van der Waals surface area contributed by atoms with Crippen LogP contribution in [0.1, 0.15) is 0 Å². The predicted molar refractivity (Wildman–Crippen MR) is 191 cm³/mol. The molecule has 0 saturated heterocycles. The normalized spacial score (nSPS) is 11.4. The average Bonchev–Trinajstić information content (AvgIpc) is 3.53. The lowest BCUT2D eigenvalue weighted by Crippen LogP contribution is -2.00. The molecule has 0 atom stereocenters. The van der Waals surface area contributed by atoms with Gasteiger partial charge in [-0.2, -0.15) is 0 Å². The van der Waals surface area contributed by atoms with E-state index in [0.717, 1.165) is 59.1 Å². The molecule has 0 aliphatic heterocycles. The van der Waals surface area contributed by atoms with E-state index in [-0.39, 0.29) is 0 Å². The molecule has 0 unspecified atom stereocenters. The Morgan fingerprint density at radius 2 is 1.04 bits per heavy atom. The molecule has 47 heavy (non-hydrogen) atoms. The standard InChI is InChI=1S/C40H24N6S/c1-4-12-25(13-5-1)35-31-19-11-23-41-39(31)44-38(42-35)28-21-22-29-33(24-28)47-32-20-10-18-30(34(29)32)40-45-36(26-14-6-2-7-15-26)43-37(46-40)27-16-8-3-9-17-27/h1-24H. The third kappa shape index (κ3) is 4.90. The van der Waals surface area contributed by atoms with Crippen molar-refractivity contribution in [2.75, 3.05) is 0 Å². The summed E-state index contributed by atoms with van der Waals surface area (Å²) in [6.45, 7) is 0. The van der Waals surface area contributed by atoms with Crippen molar-refractivity contribution in [1.82, 2.24) is 29.9 Å². The SMILES string of the molecule is c1ccc(-c2nc(-c3ccccc3)nc(-c3cccc4sc5cc(-c6nc(-c7ccccc7)c7cccnc7n6)ccc5c34)n2)cc1. The van der Waals surface area contributed by atoms with Crippen LogP contribution in [0.3, 0.4) is 0 Å². The highest BCUT2D eigenvalue weighted by Crippen LogP contribution is 2.41. The second kappa shape index (κ2) is 11.3. The van der Waals surface area contributed by atoms with Crippen molar-refractivity contribution in [3.05, 3.63) is 146 Å². The highest BCUT2D eigenvalue weighted by Gasteiger charge is 2.18. The van der Waals surface area contributed by atoms with Crippen LogP contribution in [-0.4, -0.2) is 29.9 Å². The van der Waals surface area contributed by atoms with Crippen molar-refractivity contribution in [2.24, 2.45) is 0 Å². The topological polar surface area (TPSA) is 77.3 Å². The van der Waals surface area contributed by atoms with Gasteiger partial charge in [0, 0.05) is 59.6 Å². The predicted octanol–water partition coefficient (Wildman–Crippen LogP) is 9.91. The van der Waals surface area contributed by atoms with Gasteiger partial charge >= 0.3 is 0 Å². The van der Waals surface area contributed by atoms with Crippen LogP contribution in [-0.2, 0) is 0 Å². The number of pyridine rings is 1. The first-order valence-electron chi connectivity index (χ1n) is 15.3. The number of hydrogen-bond donors (Lipinski definition) is 0. The van der Waals surface area contributed by atoms with E-state index in [2.05, 4.69) is 53.5 Å². The molecule has 0 aliphatic rings. The first kappa shape index (κ1) is 27.2. The number of nitrogens with zero attached hydrogens (tertiary/aromatic N) is 6. The van der Waals surface area contributed by atoms with Crippen molar-refractivity contribution in [1.29, 1.82) is 0 Å². The van der Waals surface area contributed by atoms with E-state index in [1.807, 2.05) is 91.0 Å². The summed E-state index contributed by atoms with van der Waals surface area (Å²) in [6.07, 6.45) is 1.78. The van der Waals surface area contributed by atoms with E-state index in [4.69, 9.17) is 24.9 Å². The van der Waals surface area contributed by atoms with Gasteiger partial charge in [-0.1, -0.05) is 115 Å². The Bertz CT molecular complexity index is 2510. The highest BCUT2D eigenvalue weighted by atomic mass is 32.1. The maximum atomic E-state index is 5.07. The molecule has 6 nitrogen and oxygen atoms in total. The zero-order chi connectivity index (χ0) is 31.2. The van der Waals surface area contributed by atoms with Crippen LogP contribution in [0.2, 0.25) is 0 Å². The van der Waals surface area contributed by atoms with Gasteiger partial charge in [0.25, 0.3) is 0 Å². The van der Waals surface area contributed by atoms with Gasteiger partial charge in [0.05, 0.1) is 5.69 Å². The van der Waals surface area contributed by atoms with Crippen LogP contribution >= 0.6 is 11.3 Å². The molecule has 9 aromatic rings. The van der Waals surface area contributed by atoms with Gasteiger partial charge in [-0.3, -0.25) is 0 Å². The summed E-state index contributed by atoms with van der Waals surface area (Å²) in [4.78, 5) is 29.5. The Kier molecular flexibility index (Phi) is 6.54. The second-order valence-electron chi connectivity index (χ2n) is 11.2. The fourth-order valence-electron chi connectivity index (χ4n) is 5.99. The van der Waals surface area contributed by atoms with E-state index < -0.39 is 0 Å². The fourth-order valence-corrected chi connectivity index (χ4v) is 7.16. The molecule has 7 heteroatoms. The number of aromatic nitrogens is 6. The number of hydrogen-bond acceptors (Lipinski definition) is 7. The molecule has 0 spiro atoms. The van der Waals surface area contributed by atoms with Crippen LogP contribution in [0, 0.1) is 0 Å². The summed E-state index contributed by atoms with van der Waals surface area (Å²) in [5.74, 6) is 2.57. The number of fused-ring (bicyclic) bond motifs is 4. The van der Waals surface area contributed by atoms with E-state index in [1.54, 1.807) is 17.5 Å². The number of thiophene rings is 1. The van der Waals surface area contributed by atoms with Crippen LogP contribution < -0.4 is 0 Å². The minimum atomic E-state index is 0.642. The molecule has 0 N–H and O–H groups in total. The first-order chi connectivity index (χ1) is 23.3. The highest BCUT2D eigenvalue weighted by molar-refractivity contribution is 7.26. The molecule has 220 valence electrons. The van der Waals surface area contributed by atoms with Crippen LogP contribution in [0.25, 0.3) is 88.0 Å². The summed E-state index contributed by atoms with van der Waals surface area (Å²) in [5.41, 5.74) is 6.37. The van der Waals surface area contributed by atoms with Crippen molar-refractivity contribution in [3.63, 3.8) is 0 Å². The quantitative estimate of drug-likeness (QED) is 0.191. The molecule has 4 heterocycles. The number of rotatable bonds is 5. The fraction of sp³-hybridized carbons (Fsp3) is 0. The molecular weight excluding hydrogens is 597 g/mol. The maximum Gasteiger partial charge on any atom is 0.164 e. The number of benzene rings is 5. The van der Waals surface area contributed by atoms with E-state index in [9.17, 15) is 0 Å².